The molecule has 2 atom stereocenters. The largest absolute Gasteiger partial charge is 0.480 e. The number of nitrogens with two attached hydrogens (primary N) is 1. The lowest BCUT2D eigenvalue weighted by Crippen LogP contribution is -2.41. The fourth-order valence-electron chi connectivity index (χ4n) is 1.33. The number of amides is 1. The molecule has 0 saturated carbocycles. The summed E-state index contributed by atoms with van der Waals surface area (Å²) in [7, 11) is 0. The van der Waals surface area contributed by atoms with E-state index in [1.54, 1.807) is 12.3 Å². The van der Waals surface area contributed by atoms with Crippen LogP contribution in [0.1, 0.15) is 34.9 Å². The van der Waals surface area contributed by atoms with Gasteiger partial charge in [0.15, 0.2) is 0 Å². The van der Waals surface area contributed by atoms with E-state index in [9.17, 15) is 9.59 Å². The number of hydrogen-bond donors (Lipinski definition) is 3. The summed E-state index contributed by atoms with van der Waals surface area (Å²) < 4.78 is 0. The first-order valence-corrected chi connectivity index (χ1v) is 7.96. The van der Waals surface area contributed by atoms with Gasteiger partial charge in [0.25, 0.3) is 5.91 Å². The number of carbonyl (C=O) groups excluding carboxylic acids is 1. The topological polar surface area (TPSA) is 105 Å². The van der Waals surface area contributed by atoms with Gasteiger partial charge in [-0.15, -0.1) is 11.3 Å². The second-order valence-corrected chi connectivity index (χ2v) is 5.88. The Labute approximate surface area is 119 Å². The Balaban J connectivity index is 2.67. The number of carboxylic acids is 1. The van der Waals surface area contributed by atoms with Gasteiger partial charge in [-0.1, -0.05) is 0 Å². The molecule has 1 aromatic heterocycles. The number of thioether (sulfide) groups is 1. The van der Waals surface area contributed by atoms with Gasteiger partial charge >= 0.3 is 5.97 Å². The first kappa shape index (κ1) is 15.9. The number of nitrogens with zero attached hydrogens (tertiary/aromatic N) is 1. The summed E-state index contributed by atoms with van der Waals surface area (Å²) in [6.07, 6.45) is 2.27. The number of thiazole rings is 1. The first-order chi connectivity index (χ1) is 8.95. The molecule has 1 rings (SSSR count). The number of carbonyl (C=O) groups is 2. The predicted molar refractivity (Wildman–Crippen MR) is 76.6 cm³/mol. The quantitative estimate of drug-likeness (QED) is 0.696. The van der Waals surface area contributed by atoms with E-state index in [1.807, 2.05) is 6.26 Å². The first-order valence-electron chi connectivity index (χ1n) is 5.69. The van der Waals surface area contributed by atoms with Crippen molar-refractivity contribution in [2.45, 2.75) is 25.4 Å². The van der Waals surface area contributed by atoms with Crippen LogP contribution in [-0.2, 0) is 4.79 Å². The Kier molecular flexibility index (Phi) is 6.26. The summed E-state index contributed by atoms with van der Waals surface area (Å²) in [4.78, 5) is 27.0. The van der Waals surface area contributed by atoms with Crippen molar-refractivity contribution in [3.05, 3.63) is 16.1 Å². The molecule has 1 unspecified atom stereocenters. The maximum Gasteiger partial charge on any atom is 0.326 e. The maximum atomic E-state index is 11.9. The third-order valence-corrected chi connectivity index (χ3v) is 4.05. The highest BCUT2D eigenvalue weighted by Crippen LogP contribution is 2.16. The Bertz CT molecular complexity index is 448. The summed E-state index contributed by atoms with van der Waals surface area (Å²) in [5, 5.41) is 13.7. The predicted octanol–water partition coefficient (Wildman–Crippen LogP) is 1.10. The molecule has 6 nitrogen and oxygen atoms in total. The lowest BCUT2D eigenvalue weighted by atomic mass is 10.2. The van der Waals surface area contributed by atoms with E-state index in [-0.39, 0.29) is 11.7 Å². The van der Waals surface area contributed by atoms with Crippen LogP contribution >= 0.6 is 23.1 Å². The van der Waals surface area contributed by atoms with Crippen LogP contribution in [0.2, 0.25) is 0 Å². The normalized spacial score (nSPS) is 13.8. The molecule has 0 bridgehead atoms. The van der Waals surface area contributed by atoms with Gasteiger partial charge in [-0.25, -0.2) is 9.78 Å². The van der Waals surface area contributed by atoms with Gasteiger partial charge in [-0.2, -0.15) is 11.8 Å². The van der Waals surface area contributed by atoms with Crippen LogP contribution in [0.25, 0.3) is 0 Å². The lowest BCUT2D eigenvalue weighted by molar-refractivity contribution is -0.139. The van der Waals surface area contributed by atoms with Gasteiger partial charge in [0, 0.05) is 5.38 Å². The van der Waals surface area contributed by atoms with Gasteiger partial charge in [0.2, 0.25) is 0 Å². The molecule has 0 aliphatic heterocycles. The fourth-order valence-corrected chi connectivity index (χ4v) is 2.56. The smallest absolute Gasteiger partial charge is 0.326 e. The molecule has 1 amide bonds. The minimum Gasteiger partial charge on any atom is -0.480 e. The van der Waals surface area contributed by atoms with Gasteiger partial charge in [0.1, 0.15) is 16.7 Å². The zero-order chi connectivity index (χ0) is 14.4. The lowest BCUT2D eigenvalue weighted by Gasteiger charge is -2.12. The van der Waals surface area contributed by atoms with E-state index in [0.29, 0.717) is 17.2 Å². The van der Waals surface area contributed by atoms with Crippen LogP contribution in [0, 0.1) is 0 Å². The van der Waals surface area contributed by atoms with Crippen LogP contribution < -0.4 is 11.1 Å². The van der Waals surface area contributed by atoms with Crippen molar-refractivity contribution in [1.82, 2.24) is 10.3 Å². The molecule has 1 heterocycles. The van der Waals surface area contributed by atoms with E-state index < -0.39 is 17.9 Å². The molecule has 0 aliphatic carbocycles. The van der Waals surface area contributed by atoms with Crippen LogP contribution in [0.4, 0.5) is 0 Å². The highest BCUT2D eigenvalue weighted by molar-refractivity contribution is 7.98. The summed E-state index contributed by atoms with van der Waals surface area (Å²) in [6.45, 7) is 1.78. The molecule has 4 N–H and O–H groups in total. The average molecular weight is 303 g/mol. The summed E-state index contributed by atoms with van der Waals surface area (Å²) in [5.41, 5.74) is 5.88. The van der Waals surface area contributed by atoms with Crippen molar-refractivity contribution < 1.29 is 14.7 Å². The number of aromatic nitrogens is 1. The average Bonchev–Trinajstić information content (AvgIpc) is 2.83. The van der Waals surface area contributed by atoms with Crippen molar-refractivity contribution in [2.24, 2.45) is 5.73 Å². The SMILES string of the molecule is CSCC[C@H](NC(=O)c1csc(C(C)N)n1)C(=O)O. The van der Waals surface area contributed by atoms with Crippen molar-refractivity contribution in [3.8, 4) is 0 Å². The van der Waals surface area contributed by atoms with E-state index in [4.69, 9.17) is 10.8 Å². The van der Waals surface area contributed by atoms with Crippen molar-refractivity contribution in [1.29, 1.82) is 0 Å². The highest BCUT2D eigenvalue weighted by Gasteiger charge is 2.21. The highest BCUT2D eigenvalue weighted by atomic mass is 32.2. The molecular formula is C11H17N3O3S2. The van der Waals surface area contributed by atoms with Gasteiger partial charge < -0.3 is 16.2 Å². The van der Waals surface area contributed by atoms with Crippen molar-refractivity contribution >= 4 is 35.0 Å². The van der Waals surface area contributed by atoms with E-state index in [1.165, 1.54) is 23.1 Å². The van der Waals surface area contributed by atoms with Crippen LogP contribution in [0.3, 0.4) is 0 Å². The third-order valence-electron chi connectivity index (χ3n) is 2.36. The molecule has 0 fully saturated rings. The Morgan fingerprint density at radius 2 is 2.32 bits per heavy atom. The monoisotopic (exact) mass is 303 g/mol. The molecule has 1 aromatic rings. The van der Waals surface area contributed by atoms with E-state index in [2.05, 4.69) is 10.3 Å². The van der Waals surface area contributed by atoms with Crippen molar-refractivity contribution in [2.75, 3.05) is 12.0 Å². The zero-order valence-corrected chi connectivity index (χ0v) is 12.4. The Morgan fingerprint density at radius 3 is 2.79 bits per heavy atom. The number of hydrogen-bond acceptors (Lipinski definition) is 6. The Morgan fingerprint density at radius 1 is 1.63 bits per heavy atom. The molecule has 0 spiro atoms. The summed E-state index contributed by atoms with van der Waals surface area (Å²) in [6, 6.07) is -1.13. The number of nitrogens with one attached hydrogen (secondary N) is 1. The summed E-state index contributed by atoms with van der Waals surface area (Å²) >= 11 is 2.82. The standard InChI is InChI=1S/C11H17N3O3S2/c1-6(12)10-14-8(5-19-10)9(15)13-7(11(16)17)3-4-18-2/h5-7H,3-4,12H2,1-2H3,(H,13,15)(H,16,17)/t6?,7-/m0/s1. The second-order valence-electron chi connectivity index (χ2n) is 4.01. The van der Waals surface area contributed by atoms with Crippen LogP contribution in [0.15, 0.2) is 5.38 Å². The molecule has 106 valence electrons. The van der Waals surface area contributed by atoms with Crippen LogP contribution in [0.5, 0.6) is 0 Å². The molecule has 8 heteroatoms. The van der Waals surface area contributed by atoms with Gasteiger partial charge in [-0.3, -0.25) is 4.79 Å². The van der Waals surface area contributed by atoms with E-state index >= 15 is 0 Å². The van der Waals surface area contributed by atoms with Gasteiger partial charge in [-0.05, 0) is 25.4 Å². The molecule has 0 radical (unpaired) electrons. The molecule has 0 saturated heterocycles. The molecule has 0 aromatic carbocycles. The number of carboxylic acid groups (broad SMARTS) is 1. The molecular weight excluding hydrogens is 286 g/mol. The number of aliphatic carboxylic acids is 1. The maximum absolute atomic E-state index is 11.9. The zero-order valence-electron chi connectivity index (χ0n) is 10.8. The van der Waals surface area contributed by atoms with Gasteiger partial charge in [0.05, 0.1) is 6.04 Å². The van der Waals surface area contributed by atoms with E-state index in [0.717, 1.165) is 0 Å². The number of rotatable bonds is 7. The second kappa shape index (κ2) is 7.46. The fraction of sp³-hybridized carbons (Fsp3) is 0.545. The summed E-state index contributed by atoms with van der Waals surface area (Å²) in [5.74, 6) is -0.846. The molecule has 19 heavy (non-hydrogen) atoms. The third kappa shape index (κ3) is 4.81. The molecule has 0 aliphatic rings. The van der Waals surface area contributed by atoms with Crippen molar-refractivity contribution in [3.63, 3.8) is 0 Å². The Hall–Kier alpha value is -1.12. The minimum atomic E-state index is -1.04. The minimum absolute atomic E-state index is 0.215. The van der Waals surface area contributed by atoms with Crippen LogP contribution in [-0.4, -0.2) is 40.0 Å².